The van der Waals surface area contributed by atoms with Crippen LogP contribution in [-0.4, -0.2) is 16.8 Å². The summed E-state index contributed by atoms with van der Waals surface area (Å²) in [6.45, 7) is 3.72. The highest BCUT2D eigenvalue weighted by molar-refractivity contribution is 6.31. The van der Waals surface area contributed by atoms with E-state index in [0.29, 0.717) is 16.3 Å². The summed E-state index contributed by atoms with van der Waals surface area (Å²) < 4.78 is 15.6. The Balaban J connectivity index is 2.60. The fourth-order valence-corrected chi connectivity index (χ4v) is 1.99. The molecule has 0 radical (unpaired) electrons. The number of aryl methyl sites for hydroxylation is 1. The van der Waals surface area contributed by atoms with Crippen LogP contribution in [0.25, 0.3) is 5.69 Å². The molecule has 0 aliphatic heterocycles. The van der Waals surface area contributed by atoms with E-state index in [1.807, 2.05) is 19.9 Å². The predicted molar refractivity (Wildman–Crippen MR) is 70.7 cm³/mol. The fraction of sp³-hybridized carbons (Fsp3) is 0.308. The molecule has 1 aromatic heterocycles. The smallest absolute Gasteiger partial charge is 0.130 e. The first-order valence-electron chi connectivity index (χ1n) is 5.72. The van der Waals surface area contributed by atoms with Crippen LogP contribution in [0, 0.1) is 12.7 Å². The van der Waals surface area contributed by atoms with E-state index in [1.165, 1.54) is 6.07 Å². The Kier molecular flexibility index (Phi) is 3.68. The van der Waals surface area contributed by atoms with Gasteiger partial charge in [-0.2, -0.15) is 5.10 Å². The third kappa shape index (κ3) is 2.26. The third-order valence-corrected chi connectivity index (χ3v) is 3.35. The molecule has 18 heavy (non-hydrogen) atoms. The number of benzene rings is 1. The monoisotopic (exact) mass is 267 g/mol. The number of hydrogen-bond acceptors (Lipinski definition) is 2. The van der Waals surface area contributed by atoms with Gasteiger partial charge in [-0.1, -0.05) is 17.7 Å². The maximum absolute atomic E-state index is 14.0. The van der Waals surface area contributed by atoms with Gasteiger partial charge >= 0.3 is 0 Å². The number of nitrogens with zero attached hydrogens (tertiary/aromatic N) is 2. The molecule has 0 aliphatic rings. The molecule has 1 atom stereocenters. The van der Waals surface area contributed by atoms with E-state index in [4.69, 9.17) is 11.6 Å². The molecular weight excluding hydrogens is 253 g/mol. The van der Waals surface area contributed by atoms with Crippen LogP contribution in [0.1, 0.15) is 24.2 Å². The largest absolute Gasteiger partial charge is 0.313 e. The first-order valence-corrected chi connectivity index (χ1v) is 6.10. The molecule has 3 nitrogen and oxygen atoms in total. The zero-order chi connectivity index (χ0) is 13.3. The van der Waals surface area contributed by atoms with Gasteiger partial charge in [0.05, 0.1) is 16.4 Å². The lowest BCUT2D eigenvalue weighted by Gasteiger charge is -2.16. The van der Waals surface area contributed by atoms with Gasteiger partial charge < -0.3 is 5.32 Å². The number of aromatic nitrogens is 2. The van der Waals surface area contributed by atoms with E-state index in [2.05, 4.69) is 10.4 Å². The van der Waals surface area contributed by atoms with E-state index < -0.39 is 0 Å². The highest BCUT2D eigenvalue weighted by atomic mass is 35.5. The van der Waals surface area contributed by atoms with Gasteiger partial charge in [-0.15, -0.1) is 0 Å². The second-order valence-corrected chi connectivity index (χ2v) is 4.60. The molecule has 0 amide bonds. The molecule has 0 aliphatic carbocycles. The second-order valence-electron chi connectivity index (χ2n) is 4.19. The average Bonchev–Trinajstić information content (AvgIpc) is 2.68. The minimum absolute atomic E-state index is 0.107. The molecule has 1 N–H and O–H groups in total. The second kappa shape index (κ2) is 5.08. The summed E-state index contributed by atoms with van der Waals surface area (Å²) in [6, 6.07) is 4.84. The lowest BCUT2D eigenvalue weighted by atomic mass is 10.1. The number of nitrogens with one attached hydrogen (secondary N) is 1. The first kappa shape index (κ1) is 13.1. The molecule has 5 heteroatoms. The molecule has 1 unspecified atom stereocenters. The van der Waals surface area contributed by atoms with E-state index in [1.54, 1.807) is 24.0 Å². The molecule has 1 aromatic carbocycles. The van der Waals surface area contributed by atoms with Gasteiger partial charge in [-0.3, -0.25) is 0 Å². The minimum atomic E-state index is -0.251. The molecule has 1 heterocycles. The van der Waals surface area contributed by atoms with Crippen molar-refractivity contribution >= 4 is 11.6 Å². The van der Waals surface area contributed by atoms with Gasteiger partial charge in [0.25, 0.3) is 0 Å². The maximum atomic E-state index is 14.0. The van der Waals surface area contributed by atoms with E-state index in [9.17, 15) is 4.39 Å². The van der Waals surface area contributed by atoms with Crippen LogP contribution < -0.4 is 5.32 Å². The van der Waals surface area contributed by atoms with Gasteiger partial charge in [0.15, 0.2) is 0 Å². The lowest BCUT2D eigenvalue weighted by molar-refractivity contribution is 0.556. The Labute approximate surface area is 111 Å². The summed E-state index contributed by atoms with van der Waals surface area (Å²) in [5.74, 6) is -0.251. The molecule has 0 spiro atoms. The summed E-state index contributed by atoms with van der Waals surface area (Å²) in [4.78, 5) is 0. The van der Waals surface area contributed by atoms with Crippen LogP contribution in [0.4, 0.5) is 4.39 Å². The van der Waals surface area contributed by atoms with Gasteiger partial charge in [0, 0.05) is 17.8 Å². The van der Waals surface area contributed by atoms with Crippen LogP contribution >= 0.6 is 11.6 Å². The SMILES string of the molecule is CNC(C)c1c(F)cccc1-n1cc(Cl)c(C)n1. The van der Waals surface area contributed by atoms with Crippen molar-refractivity contribution in [2.24, 2.45) is 0 Å². The van der Waals surface area contributed by atoms with Crippen molar-refractivity contribution in [2.45, 2.75) is 19.9 Å². The molecular formula is C13H15ClFN3. The Bertz CT molecular complexity index is 546. The molecule has 0 fully saturated rings. The fourth-order valence-electron chi connectivity index (χ4n) is 1.86. The summed E-state index contributed by atoms with van der Waals surface area (Å²) in [7, 11) is 1.79. The third-order valence-electron chi connectivity index (χ3n) is 2.98. The zero-order valence-corrected chi connectivity index (χ0v) is 11.3. The summed E-state index contributed by atoms with van der Waals surface area (Å²) in [5.41, 5.74) is 2.01. The van der Waals surface area contributed by atoms with Crippen molar-refractivity contribution < 1.29 is 4.39 Å². The zero-order valence-electron chi connectivity index (χ0n) is 10.5. The first-order chi connectivity index (χ1) is 8.54. The standard InChI is InChI=1S/C13H15ClFN3/c1-8-10(14)7-18(17-8)12-6-4-5-11(15)13(12)9(2)16-3/h4-7,9,16H,1-3H3. The molecule has 2 rings (SSSR count). The Morgan fingerprint density at radius 2 is 2.17 bits per heavy atom. The topological polar surface area (TPSA) is 29.9 Å². The Hall–Kier alpha value is -1.39. The minimum Gasteiger partial charge on any atom is -0.313 e. The van der Waals surface area contributed by atoms with Gasteiger partial charge in [0.2, 0.25) is 0 Å². The number of hydrogen-bond donors (Lipinski definition) is 1. The van der Waals surface area contributed by atoms with Crippen LogP contribution in [0.2, 0.25) is 5.02 Å². The van der Waals surface area contributed by atoms with Crippen molar-refractivity contribution in [3.8, 4) is 5.69 Å². The molecule has 96 valence electrons. The lowest BCUT2D eigenvalue weighted by Crippen LogP contribution is -2.17. The Morgan fingerprint density at radius 1 is 1.44 bits per heavy atom. The highest BCUT2D eigenvalue weighted by Crippen LogP contribution is 2.25. The van der Waals surface area contributed by atoms with Crippen LogP contribution in [0.5, 0.6) is 0 Å². The van der Waals surface area contributed by atoms with Crippen LogP contribution in [-0.2, 0) is 0 Å². The van der Waals surface area contributed by atoms with Crippen LogP contribution in [0.15, 0.2) is 24.4 Å². The normalized spacial score (nSPS) is 12.7. The van der Waals surface area contributed by atoms with Crippen molar-refractivity contribution in [3.05, 3.63) is 46.5 Å². The van der Waals surface area contributed by atoms with Crippen molar-refractivity contribution in [2.75, 3.05) is 7.05 Å². The summed E-state index contributed by atoms with van der Waals surface area (Å²) in [6.07, 6.45) is 1.69. The quantitative estimate of drug-likeness (QED) is 0.925. The average molecular weight is 268 g/mol. The van der Waals surface area contributed by atoms with E-state index >= 15 is 0 Å². The van der Waals surface area contributed by atoms with Crippen molar-refractivity contribution in [1.29, 1.82) is 0 Å². The van der Waals surface area contributed by atoms with Gasteiger partial charge in [-0.25, -0.2) is 9.07 Å². The predicted octanol–water partition coefficient (Wildman–Crippen LogP) is 3.25. The molecule has 0 bridgehead atoms. The Morgan fingerprint density at radius 3 is 2.72 bits per heavy atom. The van der Waals surface area contributed by atoms with Gasteiger partial charge in [-0.05, 0) is 33.0 Å². The molecule has 0 saturated heterocycles. The number of halogens is 2. The van der Waals surface area contributed by atoms with Crippen molar-refractivity contribution in [3.63, 3.8) is 0 Å². The highest BCUT2D eigenvalue weighted by Gasteiger charge is 2.16. The van der Waals surface area contributed by atoms with E-state index in [-0.39, 0.29) is 11.9 Å². The summed E-state index contributed by atoms with van der Waals surface area (Å²) >= 11 is 5.99. The molecule has 0 saturated carbocycles. The van der Waals surface area contributed by atoms with Crippen LogP contribution in [0.3, 0.4) is 0 Å². The molecule has 2 aromatic rings. The summed E-state index contributed by atoms with van der Waals surface area (Å²) in [5, 5.41) is 7.90. The van der Waals surface area contributed by atoms with E-state index in [0.717, 1.165) is 5.69 Å². The van der Waals surface area contributed by atoms with Crippen molar-refractivity contribution in [1.82, 2.24) is 15.1 Å². The maximum Gasteiger partial charge on any atom is 0.130 e. The van der Waals surface area contributed by atoms with Gasteiger partial charge in [0.1, 0.15) is 5.82 Å². The number of rotatable bonds is 3.